The number of likely N-dealkylation sites (tertiary alicyclic amines) is 1. The third-order valence-corrected chi connectivity index (χ3v) is 5.00. The van der Waals surface area contributed by atoms with Crippen LogP contribution < -0.4 is 5.73 Å². The Morgan fingerprint density at radius 3 is 2.65 bits per heavy atom. The summed E-state index contributed by atoms with van der Waals surface area (Å²) in [5.41, 5.74) is 9.56. The summed E-state index contributed by atoms with van der Waals surface area (Å²) in [5, 5.41) is 8.56. The molecule has 3 rings (SSSR count). The maximum absolute atomic E-state index is 13.0. The highest BCUT2D eigenvalue weighted by Gasteiger charge is 2.28. The van der Waals surface area contributed by atoms with Crippen LogP contribution in [0.3, 0.4) is 0 Å². The number of aryl methyl sites for hydroxylation is 1. The molecule has 5 nitrogen and oxygen atoms in total. The molecule has 2 heterocycles. The predicted octanol–water partition coefficient (Wildman–Crippen LogP) is 3.29. The number of benzene rings is 1. The van der Waals surface area contributed by atoms with E-state index in [-0.39, 0.29) is 17.5 Å². The van der Waals surface area contributed by atoms with E-state index in [9.17, 15) is 9.18 Å². The van der Waals surface area contributed by atoms with Crippen molar-refractivity contribution in [1.29, 1.82) is 5.41 Å². The molecule has 136 valence electrons. The van der Waals surface area contributed by atoms with Crippen LogP contribution in [0.25, 0.3) is 0 Å². The van der Waals surface area contributed by atoms with E-state index < -0.39 is 5.82 Å². The lowest BCUT2D eigenvalue weighted by Gasteiger charge is -2.32. The lowest BCUT2D eigenvalue weighted by Crippen LogP contribution is -2.40. The summed E-state index contributed by atoms with van der Waals surface area (Å²) in [6.07, 6.45) is 3.31. The molecule has 1 aromatic carbocycles. The van der Waals surface area contributed by atoms with Crippen LogP contribution in [0.1, 0.15) is 41.4 Å². The second-order valence-electron chi connectivity index (χ2n) is 6.57. The van der Waals surface area contributed by atoms with Gasteiger partial charge in [-0.15, -0.1) is 0 Å². The van der Waals surface area contributed by atoms with Crippen molar-refractivity contribution in [2.45, 2.75) is 26.2 Å². The molecule has 26 heavy (non-hydrogen) atoms. The SMILES string of the molecule is CCc1cccc(C(=N)C2CCN(C(=O)c3ccc(F)cn3)CC2)c1N. The molecule has 1 aromatic heterocycles. The topological polar surface area (TPSA) is 83.1 Å². The number of nitrogens with zero attached hydrogens (tertiary/aromatic N) is 2. The molecular formula is C20H23FN4O. The van der Waals surface area contributed by atoms with Gasteiger partial charge in [-0.25, -0.2) is 9.37 Å². The molecule has 0 aliphatic carbocycles. The number of aromatic nitrogens is 1. The monoisotopic (exact) mass is 354 g/mol. The van der Waals surface area contributed by atoms with Crippen LogP contribution in [0.4, 0.5) is 10.1 Å². The molecule has 1 saturated heterocycles. The number of carbonyl (C=O) groups is 1. The molecule has 0 saturated carbocycles. The Morgan fingerprint density at radius 2 is 2.04 bits per heavy atom. The van der Waals surface area contributed by atoms with Crippen LogP contribution >= 0.6 is 0 Å². The summed E-state index contributed by atoms with van der Waals surface area (Å²) >= 11 is 0. The fourth-order valence-corrected chi connectivity index (χ4v) is 3.41. The van der Waals surface area contributed by atoms with Crippen molar-refractivity contribution in [3.8, 4) is 0 Å². The summed E-state index contributed by atoms with van der Waals surface area (Å²) in [4.78, 5) is 18.0. The number of hydrogen-bond donors (Lipinski definition) is 2. The molecule has 1 aliphatic rings. The molecular weight excluding hydrogens is 331 g/mol. The Balaban J connectivity index is 1.66. The van der Waals surface area contributed by atoms with Gasteiger partial charge in [0.1, 0.15) is 11.5 Å². The Bertz CT molecular complexity index is 811. The maximum Gasteiger partial charge on any atom is 0.272 e. The molecule has 0 bridgehead atoms. The summed E-state index contributed by atoms with van der Waals surface area (Å²) < 4.78 is 13.0. The van der Waals surface area contributed by atoms with E-state index in [1.54, 1.807) is 4.90 Å². The highest BCUT2D eigenvalue weighted by Crippen LogP contribution is 2.27. The van der Waals surface area contributed by atoms with Crippen LogP contribution in [-0.2, 0) is 6.42 Å². The van der Waals surface area contributed by atoms with Gasteiger partial charge in [0.2, 0.25) is 0 Å². The molecule has 0 spiro atoms. The normalized spacial score (nSPS) is 15.1. The number of para-hydroxylation sites is 1. The van der Waals surface area contributed by atoms with Crippen LogP contribution in [0, 0.1) is 17.1 Å². The average Bonchev–Trinajstić information content (AvgIpc) is 2.68. The van der Waals surface area contributed by atoms with E-state index >= 15 is 0 Å². The first-order valence-corrected chi connectivity index (χ1v) is 8.88. The first-order chi connectivity index (χ1) is 12.5. The number of nitrogens with one attached hydrogen (secondary N) is 1. The predicted molar refractivity (Wildman–Crippen MR) is 99.9 cm³/mol. The highest BCUT2D eigenvalue weighted by molar-refractivity contribution is 6.04. The molecule has 0 unspecified atom stereocenters. The quantitative estimate of drug-likeness (QED) is 0.653. The van der Waals surface area contributed by atoms with Crippen molar-refractivity contribution in [2.75, 3.05) is 18.8 Å². The van der Waals surface area contributed by atoms with Gasteiger partial charge in [0.25, 0.3) is 5.91 Å². The van der Waals surface area contributed by atoms with Crippen LogP contribution in [0.15, 0.2) is 36.5 Å². The average molecular weight is 354 g/mol. The lowest BCUT2D eigenvalue weighted by molar-refractivity contribution is 0.0704. The van der Waals surface area contributed by atoms with Gasteiger partial charge in [0.05, 0.1) is 6.20 Å². The lowest BCUT2D eigenvalue weighted by atomic mass is 9.86. The van der Waals surface area contributed by atoms with Crippen LogP contribution in [-0.4, -0.2) is 34.6 Å². The van der Waals surface area contributed by atoms with E-state index in [0.29, 0.717) is 37.3 Å². The Hall–Kier alpha value is -2.76. The smallest absolute Gasteiger partial charge is 0.272 e. The van der Waals surface area contributed by atoms with Gasteiger partial charge in [0.15, 0.2) is 0 Å². The van der Waals surface area contributed by atoms with Crippen molar-refractivity contribution in [3.05, 3.63) is 59.2 Å². The van der Waals surface area contributed by atoms with E-state index in [0.717, 1.165) is 23.7 Å². The minimum absolute atomic E-state index is 0.0784. The van der Waals surface area contributed by atoms with Gasteiger partial charge < -0.3 is 16.0 Å². The largest absolute Gasteiger partial charge is 0.398 e. The zero-order valence-corrected chi connectivity index (χ0v) is 14.8. The van der Waals surface area contributed by atoms with Gasteiger partial charge in [-0.1, -0.05) is 25.1 Å². The molecule has 3 N–H and O–H groups in total. The van der Waals surface area contributed by atoms with E-state index in [1.807, 2.05) is 25.1 Å². The molecule has 1 aliphatic heterocycles. The van der Waals surface area contributed by atoms with Gasteiger partial charge in [-0.2, -0.15) is 0 Å². The van der Waals surface area contributed by atoms with E-state index in [4.69, 9.17) is 11.1 Å². The summed E-state index contributed by atoms with van der Waals surface area (Å²) in [6, 6.07) is 8.48. The van der Waals surface area contributed by atoms with Gasteiger partial charge in [0, 0.05) is 36.0 Å². The number of halogens is 1. The Labute approximate surface area is 152 Å². The van der Waals surface area contributed by atoms with Crippen LogP contribution in [0.5, 0.6) is 0 Å². The second kappa shape index (κ2) is 7.64. The number of rotatable bonds is 4. The van der Waals surface area contributed by atoms with Gasteiger partial charge >= 0.3 is 0 Å². The summed E-state index contributed by atoms with van der Waals surface area (Å²) in [7, 11) is 0. The third kappa shape index (κ3) is 3.59. The van der Waals surface area contributed by atoms with Crippen LogP contribution in [0.2, 0.25) is 0 Å². The number of nitrogens with two attached hydrogens (primary N) is 1. The minimum atomic E-state index is -0.458. The van der Waals surface area contributed by atoms with E-state index in [2.05, 4.69) is 4.98 Å². The zero-order chi connectivity index (χ0) is 18.7. The maximum atomic E-state index is 13.0. The van der Waals surface area contributed by atoms with Gasteiger partial charge in [-0.05, 0) is 37.0 Å². The third-order valence-electron chi connectivity index (χ3n) is 5.00. The number of carbonyl (C=O) groups excluding carboxylic acids is 1. The zero-order valence-electron chi connectivity index (χ0n) is 14.8. The number of anilines is 1. The molecule has 1 fully saturated rings. The first kappa shape index (κ1) is 18.0. The Morgan fingerprint density at radius 1 is 1.31 bits per heavy atom. The van der Waals surface area contributed by atoms with E-state index in [1.165, 1.54) is 12.1 Å². The number of nitrogen functional groups attached to an aromatic ring is 1. The standard InChI is InChI=1S/C20H23FN4O/c1-2-13-4-3-5-16(18(13)22)19(23)14-8-10-25(11-9-14)20(26)17-7-6-15(21)12-24-17/h3-7,12,14,23H,2,8-11,22H2,1H3. The number of piperidine rings is 1. The van der Waals surface area contributed by atoms with Crippen molar-refractivity contribution in [3.63, 3.8) is 0 Å². The second-order valence-corrected chi connectivity index (χ2v) is 6.57. The van der Waals surface area contributed by atoms with Crippen molar-refractivity contribution >= 4 is 17.3 Å². The molecule has 0 atom stereocenters. The fraction of sp³-hybridized carbons (Fsp3) is 0.350. The number of amides is 1. The van der Waals surface area contributed by atoms with Crippen molar-refractivity contribution < 1.29 is 9.18 Å². The minimum Gasteiger partial charge on any atom is -0.398 e. The summed E-state index contributed by atoms with van der Waals surface area (Å²) in [5.74, 6) is -0.572. The molecule has 2 aromatic rings. The summed E-state index contributed by atoms with van der Waals surface area (Å²) in [6.45, 7) is 3.16. The molecule has 1 amide bonds. The fourth-order valence-electron chi connectivity index (χ4n) is 3.41. The van der Waals surface area contributed by atoms with Gasteiger partial charge in [-0.3, -0.25) is 4.79 Å². The molecule has 0 radical (unpaired) electrons. The van der Waals surface area contributed by atoms with Crippen molar-refractivity contribution in [1.82, 2.24) is 9.88 Å². The van der Waals surface area contributed by atoms with Crippen molar-refractivity contribution in [2.24, 2.45) is 5.92 Å². The Kier molecular flexibility index (Phi) is 5.30. The number of pyridine rings is 1. The molecule has 6 heteroatoms. The number of hydrogen-bond acceptors (Lipinski definition) is 4. The highest BCUT2D eigenvalue weighted by atomic mass is 19.1. The first-order valence-electron chi connectivity index (χ1n) is 8.88.